The van der Waals surface area contributed by atoms with E-state index in [-0.39, 0.29) is 16.6 Å². The average molecular weight is 276 g/mol. The van der Waals surface area contributed by atoms with E-state index in [4.69, 9.17) is 4.74 Å². The highest BCUT2D eigenvalue weighted by Crippen LogP contribution is 2.39. The van der Waals surface area contributed by atoms with Crippen LogP contribution in [0.1, 0.15) is 63.0 Å². The predicted octanol–water partition coefficient (Wildman–Crippen LogP) is 4.29. The van der Waals surface area contributed by atoms with E-state index in [0.717, 1.165) is 17.4 Å². The molecular weight excluding hydrogens is 252 g/mol. The first-order valence-electron chi connectivity index (χ1n) is 6.68. The van der Waals surface area contributed by atoms with E-state index in [1.54, 1.807) is 12.1 Å². The maximum atomic E-state index is 11.9. The number of aromatic hydroxyl groups is 1. The Morgan fingerprint density at radius 2 is 1.50 bits per heavy atom. The average Bonchev–Trinajstić information content (AvgIpc) is 2.26. The third kappa shape index (κ3) is 3.41. The van der Waals surface area contributed by atoms with Gasteiger partial charge in [0.25, 0.3) is 0 Å². The van der Waals surface area contributed by atoms with Crippen molar-refractivity contribution in [2.24, 2.45) is 0 Å². The van der Waals surface area contributed by atoms with Crippen LogP contribution in [0.5, 0.6) is 5.75 Å². The van der Waals surface area contributed by atoms with Gasteiger partial charge >= 0.3 is 5.97 Å². The first kappa shape index (κ1) is 16.3. The molecule has 0 bridgehead atoms. The van der Waals surface area contributed by atoms with E-state index in [9.17, 15) is 9.90 Å². The Kier molecular flexibility index (Phi) is 4.33. The van der Waals surface area contributed by atoms with E-state index in [2.05, 4.69) is 6.58 Å². The third-order valence-corrected chi connectivity index (χ3v) is 3.15. The normalized spacial score (nSPS) is 12.1. The summed E-state index contributed by atoms with van der Waals surface area (Å²) in [4.78, 5) is 11.9. The van der Waals surface area contributed by atoms with Crippen molar-refractivity contribution in [1.29, 1.82) is 0 Å². The maximum absolute atomic E-state index is 11.9. The Bertz CT molecular complexity index is 493. The van der Waals surface area contributed by atoms with Crippen molar-refractivity contribution in [3.63, 3.8) is 0 Å². The number of rotatable bonds is 2. The van der Waals surface area contributed by atoms with Crippen LogP contribution in [-0.4, -0.2) is 11.1 Å². The summed E-state index contributed by atoms with van der Waals surface area (Å²) in [6, 6.07) is 3.38. The monoisotopic (exact) mass is 276 g/mol. The molecule has 0 saturated carbocycles. The van der Waals surface area contributed by atoms with Gasteiger partial charge in [0.1, 0.15) is 5.75 Å². The fraction of sp³-hybridized carbons (Fsp3) is 0.471. The smallest absolute Gasteiger partial charge is 0.342 e. The van der Waals surface area contributed by atoms with Crippen molar-refractivity contribution in [3.05, 3.63) is 41.7 Å². The molecule has 0 heterocycles. The van der Waals surface area contributed by atoms with Crippen molar-refractivity contribution in [1.82, 2.24) is 0 Å². The minimum atomic E-state index is -0.462. The Morgan fingerprint density at radius 1 is 1.10 bits per heavy atom. The van der Waals surface area contributed by atoms with Gasteiger partial charge in [0, 0.05) is 11.1 Å². The molecule has 0 unspecified atom stereocenters. The van der Waals surface area contributed by atoms with Gasteiger partial charge in [-0.25, -0.2) is 4.79 Å². The van der Waals surface area contributed by atoms with Gasteiger partial charge in [-0.3, -0.25) is 0 Å². The molecule has 1 rings (SSSR count). The SMILES string of the molecule is C=COC(=O)c1cc(C(C)(C)C)c(O)c(C(C)(C)C)c1. The van der Waals surface area contributed by atoms with Crippen LogP contribution in [0, 0.1) is 0 Å². The van der Waals surface area contributed by atoms with Crippen LogP contribution in [0.2, 0.25) is 0 Å². The summed E-state index contributed by atoms with van der Waals surface area (Å²) in [7, 11) is 0. The van der Waals surface area contributed by atoms with E-state index >= 15 is 0 Å². The number of ether oxygens (including phenoxy) is 1. The highest BCUT2D eigenvalue weighted by Gasteiger charge is 2.27. The molecule has 0 saturated heterocycles. The number of benzene rings is 1. The van der Waals surface area contributed by atoms with Crippen LogP contribution >= 0.6 is 0 Å². The first-order chi connectivity index (χ1) is 8.98. The first-order valence-corrected chi connectivity index (χ1v) is 6.68. The number of hydrogen-bond donors (Lipinski definition) is 1. The molecule has 3 heteroatoms. The lowest BCUT2D eigenvalue weighted by Crippen LogP contribution is -2.19. The molecule has 1 aromatic rings. The lowest BCUT2D eigenvalue weighted by atomic mass is 9.78. The lowest BCUT2D eigenvalue weighted by molar-refractivity contribution is 0.0664. The van der Waals surface area contributed by atoms with E-state index in [1.165, 1.54) is 0 Å². The predicted molar refractivity (Wildman–Crippen MR) is 81.1 cm³/mol. The molecule has 0 atom stereocenters. The number of phenols is 1. The summed E-state index contributed by atoms with van der Waals surface area (Å²) >= 11 is 0. The Hall–Kier alpha value is -1.77. The summed E-state index contributed by atoms with van der Waals surface area (Å²) in [6.45, 7) is 15.4. The van der Waals surface area contributed by atoms with Crippen LogP contribution in [0.15, 0.2) is 25.0 Å². The minimum absolute atomic E-state index is 0.250. The molecule has 3 nitrogen and oxygen atoms in total. The van der Waals surface area contributed by atoms with Crippen molar-refractivity contribution < 1.29 is 14.6 Å². The summed E-state index contributed by atoms with van der Waals surface area (Å²) in [5, 5.41) is 10.5. The van der Waals surface area contributed by atoms with Crippen LogP contribution in [-0.2, 0) is 15.6 Å². The molecule has 0 spiro atoms. The van der Waals surface area contributed by atoms with Crippen LogP contribution in [0.4, 0.5) is 0 Å². The molecule has 0 amide bonds. The highest BCUT2D eigenvalue weighted by molar-refractivity contribution is 5.91. The number of carbonyl (C=O) groups excluding carboxylic acids is 1. The van der Waals surface area contributed by atoms with E-state index in [1.807, 2.05) is 41.5 Å². The van der Waals surface area contributed by atoms with Gasteiger partial charge < -0.3 is 9.84 Å². The minimum Gasteiger partial charge on any atom is -0.507 e. The Labute approximate surface area is 121 Å². The second-order valence-electron chi connectivity index (χ2n) is 6.99. The molecule has 1 N–H and O–H groups in total. The molecule has 1 aromatic carbocycles. The maximum Gasteiger partial charge on any atom is 0.342 e. The van der Waals surface area contributed by atoms with Gasteiger partial charge in [0.2, 0.25) is 0 Å². The van der Waals surface area contributed by atoms with Crippen molar-refractivity contribution in [2.45, 2.75) is 52.4 Å². The molecule has 0 aliphatic carbocycles. The fourth-order valence-corrected chi connectivity index (χ4v) is 2.04. The molecule has 0 aliphatic rings. The van der Waals surface area contributed by atoms with Gasteiger partial charge in [-0.05, 0) is 23.0 Å². The molecule has 0 aliphatic heterocycles. The topological polar surface area (TPSA) is 46.5 Å². The van der Waals surface area contributed by atoms with Crippen LogP contribution < -0.4 is 0 Å². The van der Waals surface area contributed by atoms with Gasteiger partial charge in [-0.15, -0.1) is 0 Å². The lowest BCUT2D eigenvalue weighted by Gasteiger charge is -2.27. The second kappa shape index (κ2) is 5.31. The summed E-state index contributed by atoms with van der Waals surface area (Å²) in [5.74, 6) is -0.212. The molecule has 20 heavy (non-hydrogen) atoms. The number of esters is 1. The standard InChI is InChI=1S/C17H24O3/c1-8-20-15(19)11-9-12(16(2,3)4)14(18)13(10-11)17(5,6)7/h8-10,18H,1H2,2-7H3. The summed E-state index contributed by atoms with van der Waals surface area (Å²) < 4.78 is 4.85. The van der Waals surface area contributed by atoms with Crippen LogP contribution in [0.25, 0.3) is 0 Å². The molecule has 0 aromatic heterocycles. The molecule has 110 valence electrons. The Morgan fingerprint density at radius 3 is 1.80 bits per heavy atom. The second-order valence-corrected chi connectivity index (χ2v) is 6.99. The van der Waals surface area contributed by atoms with Crippen molar-refractivity contribution in [3.8, 4) is 5.75 Å². The Balaban J connectivity index is 3.58. The van der Waals surface area contributed by atoms with E-state index < -0.39 is 5.97 Å². The summed E-state index contributed by atoms with van der Waals surface area (Å²) in [6.07, 6.45) is 1.11. The van der Waals surface area contributed by atoms with Gasteiger partial charge in [-0.1, -0.05) is 48.1 Å². The van der Waals surface area contributed by atoms with Gasteiger partial charge in [0.15, 0.2) is 0 Å². The van der Waals surface area contributed by atoms with Crippen molar-refractivity contribution >= 4 is 5.97 Å². The highest BCUT2D eigenvalue weighted by atomic mass is 16.5. The molecular formula is C17H24O3. The van der Waals surface area contributed by atoms with Gasteiger partial charge in [0.05, 0.1) is 11.8 Å². The zero-order chi connectivity index (χ0) is 15.7. The number of carbonyl (C=O) groups is 1. The zero-order valence-corrected chi connectivity index (χ0v) is 13.2. The van der Waals surface area contributed by atoms with Gasteiger partial charge in [-0.2, -0.15) is 0 Å². The largest absolute Gasteiger partial charge is 0.507 e. The number of hydrogen-bond acceptors (Lipinski definition) is 3. The fourth-order valence-electron chi connectivity index (χ4n) is 2.04. The van der Waals surface area contributed by atoms with Crippen LogP contribution in [0.3, 0.4) is 0 Å². The third-order valence-electron chi connectivity index (χ3n) is 3.15. The molecule has 0 fully saturated rings. The number of phenolic OH excluding ortho intramolecular Hbond substituents is 1. The quantitative estimate of drug-likeness (QED) is 0.647. The molecule has 0 radical (unpaired) electrons. The van der Waals surface area contributed by atoms with Crippen molar-refractivity contribution in [2.75, 3.05) is 0 Å². The van der Waals surface area contributed by atoms with E-state index in [0.29, 0.717) is 5.56 Å². The summed E-state index contributed by atoms with van der Waals surface area (Å²) in [5.41, 5.74) is 1.36. The zero-order valence-electron chi connectivity index (χ0n) is 13.2.